The average Bonchev–Trinajstić information content (AvgIpc) is 3.37. The van der Waals surface area contributed by atoms with Crippen LogP contribution in [0.15, 0.2) is 30.3 Å². The molecule has 1 aliphatic heterocycles. The molecule has 3 rings (SSSR count). The lowest BCUT2D eigenvalue weighted by Crippen LogP contribution is -2.61. The van der Waals surface area contributed by atoms with Gasteiger partial charge in [-0.2, -0.15) is 0 Å². The Balaban J connectivity index is 2.09. The number of nitrogens with two attached hydrogens (primary N) is 4. The van der Waals surface area contributed by atoms with Gasteiger partial charge < -0.3 is 86.3 Å². The van der Waals surface area contributed by atoms with E-state index in [0.717, 1.165) is 32.1 Å². The van der Waals surface area contributed by atoms with Crippen LogP contribution in [0, 0.1) is 11.8 Å². The predicted molar refractivity (Wildman–Crippen MR) is 284 cm³/mol. The van der Waals surface area contributed by atoms with Gasteiger partial charge in [0, 0.05) is 19.4 Å². The monoisotopic (exact) mass is 1090 g/mol. The lowest BCUT2D eigenvalue weighted by Gasteiger charge is -2.28. The Hall–Kier alpha value is -6.32. The fourth-order valence-corrected chi connectivity index (χ4v) is 9.07. The first-order valence-electron chi connectivity index (χ1n) is 26.8. The quantitative estimate of drug-likeness (QED) is 0.0550. The standard InChI is InChI=1S/C51H86N14O12/c1-28(2)25-38-48(74)59-33(15-20-52)43(69)58-36(18-23-55)47(73)65-41(29(3)66)50(76)56-24-19-37(46(72)57-34(16-21-53)45(71)63-39(49(75)62-38)26-31-11-7-5-8-12-31)60-44(70)35(17-22-54)61-51(77)42(30(4)67)64-40(68)27-32-13-9-6-10-14-32/h5,7-8,11-12,28-30,32-39,41-42,66-67H,6,9-10,13-27,52-55H2,1-4H3,(H,56,76)(H,57,72)(H,58,69)(H,59,74)(H,60,70)(H,61,77)(H,62,75)(H,63,71)(H,64,68)(H,65,73)/t29?,30?,33-,34-,35-,36-,37-,38-,39+,41?,42-/m0/s1. The van der Waals surface area contributed by atoms with Gasteiger partial charge >= 0.3 is 0 Å². The maximum absolute atomic E-state index is 14.4. The van der Waals surface area contributed by atoms with E-state index in [1.165, 1.54) is 13.8 Å². The lowest BCUT2D eigenvalue weighted by molar-refractivity contribution is -0.136. The van der Waals surface area contributed by atoms with Crippen molar-refractivity contribution in [3.05, 3.63) is 35.9 Å². The molecule has 0 radical (unpaired) electrons. The molecule has 10 amide bonds. The Kier molecular flexibility index (Phi) is 28.5. The predicted octanol–water partition coefficient (Wildman–Crippen LogP) is -4.71. The van der Waals surface area contributed by atoms with Crippen molar-refractivity contribution in [2.24, 2.45) is 34.8 Å². The zero-order chi connectivity index (χ0) is 57.2. The van der Waals surface area contributed by atoms with Crippen molar-refractivity contribution < 1.29 is 58.2 Å². The fourth-order valence-electron chi connectivity index (χ4n) is 9.07. The number of hydrogen-bond donors (Lipinski definition) is 16. The molecule has 0 bridgehead atoms. The van der Waals surface area contributed by atoms with Crippen LogP contribution in [-0.2, 0) is 54.4 Å². The minimum absolute atomic E-state index is 0.0639. The minimum atomic E-state index is -1.65. The van der Waals surface area contributed by atoms with Gasteiger partial charge in [-0.1, -0.05) is 63.4 Å². The second-order valence-electron chi connectivity index (χ2n) is 20.4. The van der Waals surface area contributed by atoms with E-state index < -0.39 is 139 Å². The third-order valence-electron chi connectivity index (χ3n) is 13.3. The molecule has 1 aromatic rings. The Morgan fingerprint density at radius 1 is 0.597 bits per heavy atom. The highest BCUT2D eigenvalue weighted by atomic mass is 16.3. The zero-order valence-electron chi connectivity index (χ0n) is 44.9. The molecule has 1 aliphatic carbocycles. The highest BCUT2D eigenvalue weighted by Crippen LogP contribution is 2.26. The van der Waals surface area contributed by atoms with E-state index in [-0.39, 0.29) is 83.0 Å². The van der Waals surface area contributed by atoms with Crippen LogP contribution in [0.25, 0.3) is 0 Å². The van der Waals surface area contributed by atoms with E-state index in [2.05, 4.69) is 53.2 Å². The summed E-state index contributed by atoms with van der Waals surface area (Å²) in [5.41, 5.74) is 24.1. The summed E-state index contributed by atoms with van der Waals surface area (Å²) < 4.78 is 0. The first-order chi connectivity index (χ1) is 36.6. The van der Waals surface area contributed by atoms with Crippen molar-refractivity contribution in [1.29, 1.82) is 0 Å². The molecule has 2 fully saturated rings. The van der Waals surface area contributed by atoms with Gasteiger partial charge in [0.05, 0.1) is 12.2 Å². The van der Waals surface area contributed by atoms with Crippen molar-refractivity contribution in [3.63, 3.8) is 0 Å². The molecule has 1 saturated heterocycles. The first-order valence-corrected chi connectivity index (χ1v) is 26.8. The Labute approximate surface area is 450 Å². The Morgan fingerprint density at radius 3 is 1.62 bits per heavy atom. The summed E-state index contributed by atoms with van der Waals surface area (Å²) in [6, 6.07) is -4.41. The topological polar surface area (TPSA) is 436 Å². The molecule has 432 valence electrons. The van der Waals surface area contributed by atoms with Gasteiger partial charge in [0.1, 0.15) is 54.4 Å². The highest BCUT2D eigenvalue weighted by Gasteiger charge is 2.37. The number of carbonyl (C=O) groups is 10. The minimum Gasteiger partial charge on any atom is -0.391 e. The molecule has 26 nitrogen and oxygen atoms in total. The molecule has 0 aromatic heterocycles. The molecule has 1 saturated carbocycles. The van der Waals surface area contributed by atoms with Gasteiger partial charge in [-0.3, -0.25) is 47.9 Å². The highest BCUT2D eigenvalue weighted by molar-refractivity contribution is 5.99. The average molecular weight is 1090 g/mol. The molecule has 1 heterocycles. The summed E-state index contributed by atoms with van der Waals surface area (Å²) in [7, 11) is 0. The molecular formula is C51H86N14O12. The molecule has 26 heteroatoms. The Morgan fingerprint density at radius 2 is 1.10 bits per heavy atom. The second-order valence-corrected chi connectivity index (χ2v) is 20.4. The summed E-state index contributed by atoms with van der Waals surface area (Å²) >= 11 is 0. The smallest absolute Gasteiger partial charge is 0.245 e. The maximum atomic E-state index is 14.4. The van der Waals surface area contributed by atoms with Gasteiger partial charge in [0.25, 0.3) is 0 Å². The summed E-state index contributed by atoms with van der Waals surface area (Å²) in [5.74, 6) is -8.60. The van der Waals surface area contributed by atoms with Crippen LogP contribution < -0.4 is 76.1 Å². The van der Waals surface area contributed by atoms with E-state index >= 15 is 0 Å². The van der Waals surface area contributed by atoms with Gasteiger partial charge in [-0.15, -0.1) is 0 Å². The summed E-state index contributed by atoms with van der Waals surface area (Å²) in [4.78, 5) is 139. The normalized spacial score (nSPS) is 24.7. The summed E-state index contributed by atoms with van der Waals surface area (Å²) in [6.07, 6.45) is 0.842. The molecular weight excluding hydrogens is 1000 g/mol. The zero-order valence-corrected chi connectivity index (χ0v) is 44.9. The number of nitrogens with one attached hydrogen (secondary N) is 10. The number of carbonyl (C=O) groups excluding carboxylic acids is 10. The molecule has 3 unspecified atom stereocenters. The number of amides is 10. The number of aliphatic hydroxyl groups is 2. The largest absolute Gasteiger partial charge is 0.391 e. The first kappa shape index (κ1) is 65.0. The fraction of sp³-hybridized carbons (Fsp3) is 0.686. The lowest BCUT2D eigenvalue weighted by atomic mass is 9.87. The molecule has 2 aliphatic rings. The van der Waals surface area contributed by atoms with Crippen molar-refractivity contribution in [2.45, 2.75) is 178 Å². The van der Waals surface area contributed by atoms with Gasteiger partial charge in [0.15, 0.2) is 0 Å². The van der Waals surface area contributed by atoms with E-state index in [1.807, 2.05) is 0 Å². The molecule has 20 N–H and O–H groups in total. The number of hydrogen-bond acceptors (Lipinski definition) is 16. The van der Waals surface area contributed by atoms with E-state index in [0.29, 0.717) is 5.56 Å². The van der Waals surface area contributed by atoms with Crippen LogP contribution in [0.5, 0.6) is 0 Å². The third-order valence-corrected chi connectivity index (χ3v) is 13.3. The SMILES string of the molecule is CC(C)C[C@@H]1NC(=O)[C@@H](Cc2ccccc2)NC(=O)[C@H](CCN)NC(=O)[C@@H](NC(=O)[C@H](CCN)NC(=O)[C@@H](NC(=O)CC2CCCCC2)C(C)O)CCNC(=O)C(C(C)O)NC(=O)[C@H](CCN)NC(=O)[C@H](CCN)NC1=O. The second kappa shape index (κ2) is 33.8. The van der Waals surface area contributed by atoms with E-state index in [1.54, 1.807) is 44.2 Å². The van der Waals surface area contributed by atoms with Crippen molar-refractivity contribution in [2.75, 3.05) is 32.7 Å². The molecule has 0 spiro atoms. The van der Waals surface area contributed by atoms with Crippen molar-refractivity contribution in [1.82, 2.24) is 53.2 Å². The van der Waals surface area contributed by atoms with Gasteiger partial charge in [0.2, 0.25) is 59.1 Å². The molecule has 11 atom stereocenters. The van der Waals surface area contributed by atoms with Crippen molar-refractivity contribution in [3.8, 4) is 0 Å². The molecule has 77 heavy (non-hydrogen) atoms. The van der Waals surface area contributed by atoms with Gasteiger partial charge in [-0.25, -0.2) is 0 Å². The number of rotatable bonds is 21. The van der Waals surface area contributed by atoms with Crippen LogP contribution >= 0.6 is 0 Å². The molecule has 1 aromatic carbocycles. The van der Waals surface area contributed by atoms with Crippen LogP contribution in [0.3, 0.4) is 0 Å². The Bertz CT molecular complexity index is 2110. The number of aliphatic hydroxyl groups excluding tert-OH is 2. The van der Waals surface area contributed by atoms with Crippen LogP contribution in [0.1, 0.15) is 110 Å². The summed E-state index contributed by atoms with van der Waals surface area (Å²) in [5, 5.41) is 47.1. The third kappa shape index (κ3) is 22.3. The van der Waals surface area contributed by atoms with Crippen molar-refractivity contribution >= 4 is 59.1 Å². The van der Waals surface area contributed by atoms with Crippen LogP contribution in [0.2, 0.25) is 0 Å². The van der Waals surface area contributed by atoms with Crippen LogP contribution in [-0.4, -0.2) is 169 Å². The maximum Gasteiger partial charge on any atom is 0.245 e. The number of benzene rings is 1. The summed E-state index contributed by atoms with van der Waals surface area (Å²) in [6.45, 7) is 5.14. The van der Waals surface area contributed by atoms with E-state index in [9.17, 15) is 58.2 Å². The van der Waals surface area contributed by atoms with Gasteiger partial charge in [-0.05, 0) is 109 Å². The van der Waals surface area contributed by atoms with Crippen LogP contribution in [0.4, 0.5) is 0 Å². The van der Waals surface area contributed by atoms with E-state index in [4.69, 9.17) is 22.9 Å².